The Kier molecular flexibility index (Phi) is 5.59. The Hall–Kier alpha value is -2.29. The number of amides is 1. The molecule has 0 aliphatic carbocycles. The SMILES string of the molecule is Cc1cc(C)cc(C(=O)Nc2ccc(F)c(S(=O)(=O)N3CCOCC3)c2)c1. The number of nitrogens with zero attached hydrogens (tertiary/aromatic N) is 1. The highest BCUT2D eigenvalue weighted by Crippen LogP contribution is 2.24. The highest BCUT2D eigenvalue weighted by Gasteiger charge is 2.29. The quantitative estimate of drug-likeness (QED) is 0.868. The third kappa shape index (κ3) is 4.35. The monoisotopic (exact) mass is 392 g/mol. The zero-order valence-electron chi connectivity index (χ0n) is 15.2. The molecule has 1 saturated heterocycles. The molecule has 1 N–H and O–H groups in total. The fourth-order valence-corrected chi connectivity index (χ4v) is 4.51. The lowest BCUT2D eigenvalue weighted by atomic mass is 10.1. The van der Waals surface area contributed by atoms with E-state index in [0.29, 0.717) is 5.56 Å². The Bertz CT molecular complexity index is 949. The number of carbonyl (C=O) groups is 1. The molecule has 1 fully saturated rings. The van der Waals surface area contributed by atoms with Crippen LogP contribution in [0.4, 0.5) is 10.1 Å². The van der Waals surface area contributed by atoms with Crippen molar-refractivity contribution in [2.75, 3.05) is 31.6 Å². The normalized spacial score (nSPS) is 15.5. The Morgan fingerprint density at radius 1 is 1.07 bits per heavy atom. The number of nitrogens with one attached hydrogen (secondary N) is 1. The summed E-state index contributed by atoms with van der Waals surface area (Å²) in [6, 6.07) is 8.95. The summed E-state index contributed by atoms with van der Waals surface area (Å²) in [6.45, 7) is 4.64. The standard InChI is InChI=1S/C19H21FN2O4S/c1-13-9-14(2)11-15(10-13)19(23)21-16-3-4-17(20)18(12-16)27(24,25)22-5-7-26-8-6-22/h3-4,9-12H,5-8H2,1-2H3,(H,21,23). The van der Waals surface area contributed by atoms with E-state index in [0.717, 1.165) is 23.3 Å². The van der Waals surface area contributed by atoms with Crippen LogP contribution in [0.15, 0.2) is 41.3 Å². The summed E-state index contributed by atoms with van der Waals surface area (Å²) in [7, 11) is -4.00. The third-order valence-electron chi connectivity index (χ3n) is 4.26. The predicted octanol–water partition coefficient (Wildman–Crippen LogP) is 2.72. The van der Waals surface area contributed by atoms with E-state index in [4.69, 9.17) is 4.74 Å². The molecule has 27 heavy (non-hydrogen) atoms. The molecular weight excluding hydrogens is 371 g/mol. The van der Waals surface area contributed by atoms with Crippen LogP contribution in [0.25, 0.3) is 0 Å². The number of aryl methyl sites for hydroxylation is 2. The van der Waals surface area contributed by atoms with Crippen LogP contribution in [-0.4, -0.2) is 44.9 Å². The molecule has 0 atom stereocenters. The van der Waals surface area contributed by atoms with Gasteiger partial charge in [-0.05, 0) is 44.2 Å². The second-order valence-electron chi connectivity index (χ2n) is 6.49. The van der Waals surface area contributed by atoms with E-state index in [1.54, 1.807) is 12.1 Å². The second kappa shape index (κ2) is 7.75. The Morgan fingerprint density at radius 2 is 1.70 bits per heavy atom. The number of hydrogen-bond acceptors (Lipinski definition) is 4. The largest absolute Gasteiger partial charge is 0.379 e. The molecule has 3 rings (SSSR count). The first-order chi connectivity index (χ1) is 12.8. The summed E-state index contributed by atoms with van der Waals surface area (Å²) in [6.07, 6.45) is 0. The molecule has 0 radical (unpaired) electrons. The van der Waals surface area contributed by atoms with Gasteiger partial charge in [0.25, 0.3) is 5.91 Å². The zero-order chi connectivity index (χ0) is 19.6. The number of anilines is 1. The van der Waals surface area contributed by atoms with Crippen molar-refractivity contribution in [3.63, 3.8) is 0 Å². The summed E-state index contributed by atoms with van der Waals surface area (Å²) < 4.78 is 46.0. The maximum Gasteiger partial charge on any atom is 0.255 e. The molecule has 6 nitrogen and oxygen atoms in total. The van der Waals surface area contributed by atoms with Gasteiger partial charge >= 0.3 is 0 Å². The minimum absolute atomic E-state index is 0.168. The van der Waals surface area contributed by atoms with E-state index in [2.05, 4.69) is 5.32 Å². The van der Waals surface area contributed by atoms with Crippen LogP contribution < -0.4 is 5.32 Å². The van der Waals surface area contributed by atoms with Crippen molar-refractivity contribution in [2.45, 2.75) is 18.7 Å². The summed E-state index contributed by atoms with van der Waals surface area (Å²) in [5, 5.41) is 2.64. The number of halogens is 1. The van der Waals surface area contributed by atoms with Gasteiger partial charge in [-0.2, -0.15) is 4.31 Å². The van der Waals surface area contributed by atoms with E-state index in [9.17, 15) is 17.6 Å². The smallest absolute Gasteiger partial charge is 0.255 e. The fraction of sp³-hybridized carbons (Fsp3) is 0.316. The second-order valence-corrected chi connectivity index (χ2v) is 8.40. The third-order valence-corrected chi connectivity index (χ3v) is 6.17. The van der Waals surface area contributed by atoms with Crippen molar-refractivity contribution in [1.29, 1.82) is 0 Å². The number of hydrogen-bond donors (Lipinski definition) is 1. The zero-order valence-corrected chi connectivity index (χ0v) is 16.0. The lowest BCUT2D eigenvalue weighted by Crippen LogP contribution is -2.40. The fourth-order valence-electron chi connectivity index (χ4n) is 3.01. The van der Waals surface area contributed by atoms with Crippen molar-refractivity contribution >= 4 is 21.6 Å². The molecule has 1 aliphatic rings. The van der Waals surface area contributed by atoms with Gasteiger partial charge in [-0.1, -0.05) is 17.2 Å². The van der Waals surface area contributed by atoms with Crippen LogP contribution in [0.5, 0.6) is 0 Å². The molecule has 1 heterocycles. The molecular formula is C19H21FN2O4S. The molecule has 0 saturated carbocycles. The van der Waals surface area contributed by atoms with Gasteiger partial charge in [0, 0.05) is 24.3 Å². The number of sulfonamides is 1. The van der Waals surface area contributed by atoms with Crippen LogP contribution in [0, 0.1) is 19.7 Å². The molecule has 0 spiro atoms. The Balaban J connectivity index is 1.87. The predicted molar refractivity (Wildman–Crippen MR) is 99.8 cm³/mol. The van der Waals surface area contributed by atoms with Crippen molar-refractivity contribution in [3.8, 4) is 0 Å². The van der Waals surface area contributed by atoms with Gasteiger partial charge < -0.3 is 10.1 Å². The lowest BCUT2D eigenvalue weighted by Gasteiger charge is -2.26. The van der Waals surface area contributed by atoms with Crippen molar-refractivity contribution in [1.82, 2.24) is 4.31 Å². The van der Waals surface area contributed by atoms with E-state index in [-0.39, 0.29) is 37.9 Å². The van der Waals surface area contributed by atoms with Crippen LogP contribution in [0.3, 0.4) is 0 Å². The summed E-state index contributed by atoms with van der Waals surface area (Å²) in [5.74, 6) is -1.24. The molecule has 2 aromatic carbocycles. The topological polar surface area (TPSA) is 75.7 Å². The van der Waals surface area contributed by atoms with Gasteiger partial charge in [-0.15, -0.1) is 0 Å². The van der Waals surface area contributed by atoms with Gasteiger partial charge in [0.1, 0.15) is 10.7 Å². The first kappa shape index (κ1) is 19.5. The molecule has 8 heteroatoms. The van der Waals surface area contributed by atoms with Crippen molar-refractivity contribution in [3.05, 3.63) is 58.9 Å². The number of ether oxygens (including phenoxy) is 1. The number of rotatable bonds is 4. The minimum Gasteiger partial charge on any atom is -0.379 e. The summed E-state index contributed by atoms with van der Waals surface area (Å²) in [5.41, 5.74) is 2.55. The molecule has 0 aromatic heterocycles. The van der Waals surface area contributed by atoms with Crippen LogP contribution in [0.1, 0.15) is 21.5 Å². The van der Waals surface area contributed by atoms with Gasteiger partial charge in [0.15, 0.2) is 0 Å². The average Bonchev–Trinajstić information content (AvgIpc) is 2.63. The molecule has 2 aromatic rings. The van der Waals surface area contributed by atoms with Crippen LogP contribution in [0.2, 0.25) is 0 Å². The first-order valence-corrected chi connectivity index (χ1v) is 9.98. The van der Waals surface area contributed by atoms with E-state index in [1.807, 2.05) is 19.9 Å². The van der Waals surface area contributed by atoms with Crippen molar-refractivity contribution < 1.29 is 22.3 Å². The molecule has 0 unspecified atom stereocenters. The molecule has 0 bridgehead atoms. The minimum atomic E-state index is -4.00. The first-order valence-electron chi connectivity index (χ1n) is 8.54. The Morgan fingerprint density at radius 3 is 2.33 bits per heavy atom. The van der Waals surface area contributed by atoms with Crippen LogP contribution >= 0.6 is 0 Å². The average molecular weight is 392 g/mol. The maximum atomic E-state index is 14.2. The molecule has 1 amide bonds. The highest BCUT2D eigenvalue weighted by molar-refractivity contribution is 7.89. The number of carbonyl (C=O) groups excluding carboxylic acids is 1. The summed E-state index contributed by atoms with van der Waals surface area (Å²) in [4.78, 5) is 12.0. The lowest BCUT2D eigenvalue weighted by molar-refractivity contribution is 0.0729. The summed E-state index contributed by atoms with van der Waals surface area (Å²) >= 11 is 0. The van der Waals surface area contributed by atoms with Gasteiger partial charge in [-0.25, -0.2) is 12.8 Å². The van der Waals surface area contributed by atoms with Gasteiger partial charge in [-0.3, -0.25) is 4.79 Å². The molecule has 144 valence electrons. The van der Waals surface area contributed by atoms with E-state index < -0.39 is 20.7 Å². The number of benzene rings is 2. The van der Waals surface area contributed by atoms with Crippen molar-refractivity contribution in [2.24, 2.45) is 0 Å². The Labute approximate surface area is 158 Å². The van der Waals surface area contributed by atoms with Gasteiger partial charge in [0.2, 0.25) is 10.0 Å². The maximum absolute atomic E-state index is 14.2. The van der Waals surface area contributed by atoms with Gasteiger partial charge in [0.05, 0.1) is 13.2 Å². The molecule has 1 aliphatic heterocycles. The highest BCUT2D eigenvalue weighted by atomic mass is 32.2. The van der Waals surface area contributed by atoms with Crippen LogP contribution in [-0.2, 0) is 14.8 Å². The number of morpholine rings is 1. The van der Waals surface area contributed by atoms with E-state index in [1.165, 1.54) is 10.4 Å². The van der Waals surface area contributed by atoms with E-state index >= 15 is 0 Å².